The zero-order valence-corrected chi connectivity index (χ0v) is 14.1. The van der Waals surface area contributed by atoms with Crippen LogP contribution in [0, 0.1) is 11.6 Å². The quantitative estimate of drug-likeness (QED) is 0.759. The van der Waals surface area contributed by atoms with Gasteiger partial charge in [0.05, 0.1) is 10.5 Å². The molecular weight excluding hydrogens is 389 g/mol. The summed E-state index contributed by atoms with van der Waals surface area (Å²) < 4.78 is 92.1. The third-order valence-electron chi connectivity index (χ3n) is 3.31. The van der Waals surface area contributed by atoms with Crippen LogP contribution in [0.25, 0.3) is 0 Å². The van der Waals surface area contributed by atoms with Crippen LogP contribution < -0.4 is 4.72 Å². The predicted octanol–water partition coefficient (Wildman–Crippen LogP) is 4.68. The summed E-state index contributed by atoms with van der Waals surface area (Å²) in [6.45, 7) is 1.29. The Morgan fingerprint density at radius 1 is 1.04 bits per heavy atom. The van der Waals surface area contributed by atoms with Crippen molar-refractivity contribution in [1.29, 1.82) is 0 Å². The Hall–Kier alpha value is -1.71. The molecule has 0 spiro atoms. The number of hydrogen-bond donors (Lipinski definition) is 1. The summed E-state index contributed by atoms with van der Waals surface area (Å²) in [5.41, 5.74) is -1.38. The lowest BCUT2D eigenvalue weighted by molar-refractivity contribution is -0.139. The van der Waals surface area contributed by atoms with E-state index in [1.165, 1.54) is 6.92 Å². The number of sulfonamides is 1. The molecule has 0 aromatic heterocycles. The monoisotopic (exact) mass is 399 g/mol. The van der Waals surface area contributed by atoms with Crippen molar-refractivity contribution >= 4 is 21.6 Å². The first-order valence-corrected chi connectivity index (χ1v) is 8.62. The topological polar surface area (TPSA) is 46.2 Å². The van der Waals surface area contributed by atoms with Crippen LogP contribution in [-0.4, -0.2) is 8.42 Å². The molecule has 3 nitrogen and oxygen atoms in total. The summed E-state index contributed by atoms with van der Waals surface area (Å²) in [6, 6.07) is 3.81. The second-order valence-corrected chi connectivity index (χ2v) is 7.27. The van der Waals surface area contributed by atoms with Crippen molar-refractivity contribution in [2.75, 3.05) is 0 Å². The third-order valence-corrected chi connectivity index (χ3v) is 5.15. The van der Waals surface area contributed by atoms with Crippen LogP contribution in [0.2, 0.25) is 5.02 Å². The van der Waals surface area contributed by atoms with Crippen molar-refractivity contribution in [2.45, 2.75) is 24.0 Å². The number of benzene rings is 2. The molecule has 0 radical (unpaired) electrons. The molecule has 0 aliphatic rings. The van der Waals surface area contributed by atoms with Gasteiger partial charge in [0.1, 0.15) is 0 Å². The Kier molecular flexibility index (Phi) is 5.41. The molecule has 0 amide bonds. The molecule has 1 unspecified atom stereocenters. The van der Waals surface area contributed by atoms with E-state index in [-0.39, 0.29) is 10.6 Å². The molecule has 0 saturated heterocycles. The van der Waals surface area contributed by atoms with Crippen molar-refractivity contribution in [2.24, 2.45) is 0 Å². The second kappa shape index (κ2) is 6.89. The molecule has 1 N–H and O–H groups in total. The summed E-state index contributed by atoms with van der Waals surface area (Å²) in [4.78, 5) is -1.01. The highest BCUT2D eigenvalue weighted by Crippen LogP contribution is 2.36. The van der Waals surface area contributed by atoms with Gasteiger partial charge in [-0.2, -0.15) is 13.2 Å². The molecule has 0 heterocycles. The first-order valence-electron chi connectivity index (χ1n) is 6.76. The van der Waals surface area contributed by atoms with E-state index in [2.05, 4.69) is 0 Å². The maximum absolute atomic E-state index is 13.2. The molecule has 136 valence electrons. The molecular formula is C15H11ClF5NO2S. The van der Waals surface area contributed by atoms with E-state index in [4.69, 9.17) is 11.6 Å². The highest BCUT2D eigenvalue weighted by Gasteiger charge is 2.37. The highest BCUT2D eigenvalue weighted by molar-refractivity contribution is 7.89. The largest absolute Gasteiger partial charge is 0.417 e. The number of hydrogen-bond acceptors (Lipinski definition) is 2. The summed E-state index contributed by atoms with van der Waals surface area (Å²) >= 11 is 5.51. The zero-order chi connectivity index (χ0) is 19.0. The summed E-state index contributed by atoms with van der Waals surface area (Å²) in [7, 11) is -4.61. The lowest BCUT2D eigenvalue weighted by atomic mass is 10.1. The van der Waals surface area contributed by atoms with Crippen molar-refractivity contribution in [3.05, 3.63) is 64.2 Å². The van der Waals surface area contributed by atoms with Gasteiger partial charge in [-0.25, -0.2) is 21.9 Å². The third kappa shape index (κ3) is 4.47. The average Bonchev–Trinajstić information content (AvgIpc) is 2.48. The van der Waals surface area contributed by atoms with E-state index in [1.807, 2.05) is 4.72 Å². The van der Waals surface area contributed by atoms with Gasteiger partial charge in [0.25, 0.3) is 0 Å². The van der Waals surface area contributed by atoms with Crippen molar-refractivity contribution < 1.29 is 30.4 Å². The minimum absolute atomic E-state index is 0.0463. The number of halogens is 6. The zero-order valence-electron chi connectivity index (χ0n) is 12.5. The SMILES string of the molecule is CC(NS(=O)(=O)c1ccc(Cl)cc1C(F)(F)F)c1ccc(F)c(F)c1. The summed E-state index contributed by atoms with van der Waals surface area (Å²) in [5, 5.41) is -0.278. The van der Waals surface area contributed by atoms with Crippen molar-refractivity contribution in [3.8, 4) is 0 Å². The van der Waals surface area contributed by atoms with Crippen LogP contribution in [0.5, 0.6) is 0 Å². The summed E-state index contributed by atoms with van der Waals surface area (Å²) in [6.07, 6.45) is -4.94. The van der Waals surface area contributed by atoms with Gasteiger partial charge < -0.3 is 0 Å². The van der Waals surface area contributed by atoms with Gasteiger partial charge in [-0.1, -0.05) is 17.7 Å². The fourth-order valence-corrected chi connectivity index (χ4v) is 3.72. The average molecular weight is 400 g/mol. The van der Waals surface area contributed by atoms with Gasteiger partial charge in [0.2, 0.25) is 10.0 Å². The molecule has 0 aliphatic heterocycles. The van der Waals surface area contributed by atoms with Gasteiger partial charge in [0.15, 0.2) is 11.6 Å². The highest BCUT2D eigenvalue weighted by atomic mass is 35.5. The maximum Gasteiger partial charge on any atom is 0.417 e. The van der Waals surface area contributed by atoms with Crippen LogP contribution in [0.3, 0.4) is 0 Å². The van der Waals surface area contributed by atoms with Gasteiger partial charge >= 0.3 is 6.18 Å². The summed E-state index contributed by atoms with van der Waals surface area (Å²) in [5.74, 6) is -2.33. The maximum atomic E-state index is 13.2. The molecule has 0 bridgehead atoms. The molecule has 1 atom stereocenters. The van der Waals surface area contributed by atoms with E-state index in [1.54, 1.807) is 0 Å². The minimum atomic E-state index is -4.94. The van der Waals surface area contributed by atoms with Crippen molar-refractivity contribution in [1.82, 2.24) is 4.72 Å². The van der Waals surface area contributed by atoms with E-state index in [9.17, 15) is 30.4 Å². The van der Waals surface area contributed by atoms with Gasteiger partial charge in [-0.15, -0.1) is 0 Å². The van der Waals surface area contributed by atoms with Crippen LogP contribution in [-0.2, 0) is 16.2 Å². The van der Waals surface area contributed by atoms with E-state index in [0.717, 1.165) is 30.3 Å². The number of nitrogens with one attached hydrogen (secondary N) is 1. The Bertz CT molecular complexity index is 899. The van der Waals surface area contributed by atoms with Crippen molar-refractivity contribution in [3.63, 3.8) is 0 Å². The van der Waals surface area contributed by atoms with E-state index < -0.39 is 44.3 Å². The Labute approximate surface area is 145 Å². The fourth-order valence-electron chi connectivity index (χ4n) is 2.10. The first-order chi connectivity index (χ1) is 11.4. The molecule has 25 heavy (non-hydrogen) atoms. The number of alkyl halides is 3. The second-order valence-electron chi connectivity index (χ2n) is 5.15. The van der Waals surface area contributed by atoms with Gasteiger partial charge in [0, 0.05) is 11.1 Å². The predicted molar refractivity (Wildman–Crippen MR) is 81.5 cm³/mol. The lowest BCUT2D eigenvalue weighted by Gasteiger charge is -2.18. The normalized spacial score (nSPS) is 13.7. The standard InChI is InChI=1S/C15H11ClF5NO2S/c1-8(9-2-4-12(17)13(18)6-9)22-25(23,24)14-5-3-10(16)7-11(14)15(19,20)21/h2-8,22H,1H3. The molecule has 2 aromatic carbocycles. The van der Waals surface area contributed by atoms with Gasteiger partial charge in [-0.05, 0) is 42.8 Å². The lowest BCUT2D eigenvalue weighted by Crippen LogP contribution is -2.29. The first kappa shape index (κ1) is 19.6. The fraction of sp³-hybridized carbons (Fsp3) is 0.200. The Morgan fingerprint density at radius 2 is 1.68 bits per heavy atom. The molecule has 0 saturated carbocycles. The Balaban J connectivity index is 2.41. The Morgan fingerprint density at radius 3 is 2.24 bits per heavy atom. The van der Waals surface area contributed by atoms with Crippen LogP contribution >= 0.6 is 11.6 Å². The van der Waals surface area contributed by atoms with Crippen LogP contribution in [0.1, 0.15) is 24.1 Å². The van der Waals surface area contributed by atoms with Gasteiger partial charge in [-0.3, -0.25) is 0 Å². The molecule has 2 aromatic rings. The molecule has 2 rings (SSSR count). The van der Waals surface area contributed by atoms with E-state index >= 15 is 0 Å². The van der Waals surface area contributed by atoms with Crippen LogP contribution in [0.15, 0.2) is 41.3 Å². The minimum Gasteiger partial charge on any atom is -0.207 e. The smallest absolute Gasteiger partial charge is 0.207 e. The number of rotatable bonds is 4. The molecule has 0 aliphatic carbocycles. The molecule has 10 heteroatoms. The molecule has 0 fully saturated rings. The van der Waals surface area contributed by atoms with Crippen LogP contribution in [0.4, 0.5) is 22.0 Å². The van der Waals surface area contributed by atoms with E-state index in [0.29, 0.717) is 6.07 Å².